The molecule has 2 heterocycles. The largest absolute Gasteiger partial charge is 0.481 e. The molecule has 2 rings (SSSR count). The van der Waals surface area contributed by atoms with Crippen LogP contribution in [0, 0.1) is 13.8 Å². The Labute approximate surface area is 138 Å². The molecule has 0 saturated heterocycles. The van der Waals surface area contributed by atoms with E-state index in [1.165, 1.54) is 11.9 Å². The summed E-state index contributed by atoms with van der Waals surface area (Å²) >= 11 is 6.07. The Hall–Kier alpha value is -2.41. The molecule has 7 nitrogen and oxygen atoms in total. The van der Waals surface area contributed by atoms with E-state index in [2.05, 4.69) is 10.1 Å². The molecule has 2 aromatic heterocycles. The van der Waals surface area contributed by atoms with Crippen molar-refractivity contribution in [2.45, 2.75) is 20.3 Å². The first-order valence-electron chi connectivity index (χ1n) is 6.97. The zero-order valence-electron chi connectivity index (χ0n) is 13.1. The van der Waals surface area contributed by atoms with Gasteiger partial charge in [-0.2, -0.15) is 5.10 Å². The highest BCUT2D eigenvalue weighted by Crippen LogP contribution is 2.19. The van der Waals surface area contributed by atoms with Crippen LogP contribution in [0.3, 0.4) is 0 Å². The Morgan fingerprint density at radius 2 is 2.04 bits per heavy atom. The molecule has 0 atom stereocenters. The molecule has 0 aliphatic heterocycles. The maximum absolute atomic E-state index is 12.4. The van der Waals surface area contributed by atoms with Gasteiger partial charge in [0.25, 0.3) is 5.91 Å². The predicted octanol–water partition coefficient (Wildman–Crippen LogP) is 2.08. The molecule has 0 bridgehead atoms. The average Bonchev–Trinajstić information content (AvgIpc) is 2.83. The van der Waals surface area contributed by atoms with E-state index in [-0.39, 0.29) is 23.7 Å². The summed E-state index contributed by atoms with van der Waals surface area (Å²) < 4.78 is 1.62. The van der Waals surface area contributed by atoms with Gasteiger partial charge in [0.2, 0.25) is 0 Å². The van der Waals surface area contributed by atoms with Gasteiger partial charge in [0.05, 0.1) is 17.1 Å². The smallest absolute Gasteiger partial charge is 0.305 e. The summed E-state index contributed by atoms with van der Waals surface area (Å²) in [6.45, 7) is 3.83. The van der Waals surface area contributed by atoms with Gasteiger partial charge in [0.15, 0.2) is 5.82 Å². The number of carbonyl (C=O) groups is 2. The quantitative estimate of drug-likeness (QED) is 0.903. The van der Waals surface area contributed by atoms with Gasteiger partial charge in [-0.3, -0.25) is 9.59 Å². The van der Waals surface area contributed by atoms with Crippen LogP contribution in [0.25, 0.3) is 5.82 Å². The lowest BCUT2D eigenvalue weighted by Crippen LogP contribution is -2.30. The van der Waals surface area contributed by atoms with Crippen molar-refractivity contribution >= 4 is 23.5 Å². The molecule has 0 aromatic carbocycles. The molecule has 23 heavy (non-hydrogen) atoms. The highest BCUT2D eigenvalue weighted by atomic mass is 35.5. The second kappa shape index (κ2) is 6.78. The number of aryl methyl sites for hydroxylation is 2. The van der Waals surface area contributed by atoms with Gasteiger partial charge >= 0.3 is 5.97 Å². The molecule has 1 N–H and O–H groups in total. The third kappa shape index (κ3) is 3.87. The third-order valence-corrected chi connectivity index (χ3v) is 3.57. The van der Waals surface area contributed by atoms with E-state index in [9.17, 15) is 9.59 Å². The summed E-state index contributed by atoms with van der Waals surface area (Å²) in [7, 11) is 1.51. The topological polar surface area (TPSA) is 88.3 Å². The number of aliphatic carboxylic acids is 1. The Bertz CT molecular complexity index is 757. The van der Waals surface area contributed by atoms with E-state index in [0.717, 1.165) is 11.4 Å². The van der Waals surface area contributed by atoms with E-state index >= 15 is 0 Å². The van der Waals surface area contributed by atoms with Crippen molar-refractivity contribution in [2.75, 3.05) is 13.6 Å². The molecule has 0 unspecified atom stereocenters. The molecule has 0 radical (unpaired) electrons. The third-order valence-electron chi connectivity index (χ3n) is 3.27. The second-order valence-corrected chi connectivity index (χ2v) is 5.62. The number of hydrogen-bond acceptors (Lipinski definition) is 4. The van der Waals surface area contributed by atoms with Crippen LogP contribution in [-0.2, 0) is 4.79 Å². The summed E-state index contributed by atoms with van der Waals surface area (Å²) in [6, 6.07) is 5.16. The van der Waals surface area contributed by atoms with Gasteiger partial charge in [-0.25, -0.2) is 9.67 Å². The number of carbonyl (C=O) groups excluding carboxylic acids is 1. The SMILES string of the molecule is Cc1cc(C)n(-c2ccc(Cl)c(C(=O)N(C)CCC(=O)O)n2)n1. The number of carboxylic acids is 1. The number of nitrogens with zero attached hydrogens (tertiary/aromatic N) is 4. The summed E-state index contributed by atoms with van der Waals surface area (Å²) in [5, 5.41) is 13.2. The van der Waals surface area contributed by atoms with Gasteiger partial charge in [-0.1, -0.05) is 11.6 Å². The highest BCUT2D eigenvalue weighted by Gasteiger charge is 2.19. The maximum atomic E-state index is 12.4. The molecular weight excluding hydrogens is 320 g/mol. The van der Waals surface area contributed by atoms with Crippen LogP contribution in [0.4, 0.5) is 0 Å². The van der Waals surface area contributed by atoms with Gasteiger partial charge in [0, 0.05) is 19.3 Å². The number of halogens is 1. The first-order chi connectivity index (χ1) is 10.8. The molecule has 0 saturated carbocycles. The van der Waals surface area contributed by atoms with Gasteiger partial charge in [-0.15, -0.1) is 0 Å². The average molecular weight is 337 g/mol. The predicted molar refractivity (Wildman–Crippen MR) is 85.1 cm³/mol. The lowest BCUT2D eigenvalue weighted by atomic mass is 10.3. The van der Waals surface area contributed by atoms with Crippen LogP contribution < -0.4 is 0 Å². The minimum Gasteiger partial charge on any atom is -0.481 e. The lowest BCUT2D eigenvalue weighted by molar-refractivity contribution is -0.137. The monoisotopic (exact) mass is 336 g/mol. The van der Waals surface area contributed by atoms with Crippen molar-refractivity contribution in [3.05, 3.63) is 40.3 Å². The Kier molecular flexibility index (Phi) is 5.00. The highest BCUT2D eigenvalue weighted by molar-refractivity contribution is 6.33. The molecule has 0 spiro atoms. The van der Waals surface area contributed by atoms with Crippen LogP contribution in [0.15, 0.2) is 18.2 Å². The first kappa shape index (κ1) is 17.0. The van der Waals surface area contributed by atoms with Crippen LogP contribution in [0.5, 0.6) is 0 Å². The minimum atomic E-state index is -0.972. The zero-order valence-corrected chi connectivity index (χ0v) is 13.8. The van der Waals surface area contributed by atoms with Crippen molar-refractivity contribution in [2.24, 2.45) is 0 Å². The second-order valence-electron chi connectivity index (χ2n) is 5.21. The van der Waals surface area contributed by atoms with Crippen molar-refractivity contribution in [3.8, 4) is 5.82 Å². The number of amides is 1. The van der Waals surface area contributed by atoms with E-state index in [1.54, 1.807) is 16.8 Å². The normalized spacial score (nSPS) is 10.6. The lowest BCUT2D eigenvalue weighted by Gasteiger charge is -2.16. The van der Waals surface area contributed by atoms with Crippen molar-refractivity contribution in [1.82, 2.24) is 19.7 Å². The van der Waals surface area contributed by atoms with E-state index in [0.29, 0.717) is 5.82 Å². The van der Waals surface area contributed by atoms with Crippen LogP contribution in [0.1, 0.15) is 28.3 Å². The minimum absolute atomic E-state index is 0.0737. The summed E-state index contributed by atoms with van der Waals surface area (Å²) in [5.74, 6) is -0.922. The van der Waals surface area contributed by atoms with Gasteiger partial charge in [0.1, 0.15) is 5.69 Å². The molecular formula is C15H17ClN4O3. The summed E-state index contributed by atoms with van der Waals surface area (Å²) in [6.07, 6.45) is -0.142. The summed E-state index contributed by atoms with van der Waals surface area (Å²) in [4.78, 5) is 28.6. The zero-order chi connectivity index (χ0) is 17.1. The molecule has 0 aliphatic carbocycles. The number of aromatic nitrogens is 3. The van der Waals surface area contributed by atoms with Crippen LogP contribution in [0.2, 0.25) is 5.02 Å². The van der Waals surface area contributed by atoms with Crippen LogP contribution in [-0.4, -0.2) is 50.2 Å². The van der Waals surface area contributed by atoms with Crippen molar-refractivity contribution in [1.29, 1.82) is 0 Å². The molecule has 0 aliphatic rings. The molecule has 1 amide bonds. The molecule has 0 fully saturated rings. The molecule has 8 heteroatoms. The number of rotatable bonds is 5. The van der Waals surface area contributed by atoms with Crippen molar-refractivity contribution in [3.63, 3.8) is 0 Å². The number of pyridine rings is 1. The summed E-state index contributed by atoms with van der Waals surface area (Å²) in [5.41, 5.74) is 1.80. The van der Waals surface area contributed by atoms with Crippen molar-refractivity contribution < 1.29 is 14.7 Å². The number of carboxylic acid groups (broad SMARTS) is 1. The van der Waals surface area contributed by atoms with E-state index < -0.39 is 11.9 Å². The Balaban J connectivity index is 2.32. The standard InChI is InChI=1S/C15H17ClN4O3/c1-9-8-10(2)20(18-9)12-5-4-11(16)14(17-12)15(23)19(3)7-6-13(21)22/h4-5,8H,6-7H2,1-3H3,(H,21,22). The van der Waals surface area contributed by atoms with Crippen LogP contribution >= 0.6 is 11.6 Å². The molecule has 2 aromatic rings. The Morgan fingerprint density at radius 3 is 2.61 bits per heavy atom. The fourth-order valence-corrected chi connectivity index (χ4v) is 2.29. The van der Waals surface area contributed by atoms with E-state index in [1.807, 2.05) is 19.9 Å². The fourth-order valence-electron chi connectivity index (χ4n) is 2.11. The fraction of sp³-hybridized carbons (Fsp3) is 0.333. The van der Waals surface area contributed by atoms with Gasteiger partial charge in [-0.05, 0) is 32.0 Å². The van der Waals surface area contributed by atoms with E-state index in [4.69, 9.17) is 16.7 Å². The molecule has 122 valence electrons. The van der Waals surface area contributed by atoms with Gasteiger partial charge < -0.3 is 10.0 Å². The Morgan fingerprint density at radius 1 is 1.35 bits per heavy atom. The first-order valence-corrected chi connectivity index (χ1v) is 7.35. The maximum Gasteiger partial charge on any atom is 0.305 e. The number of hydrogen-bond donors (Lipinski definition) is 1.